The van der Waals surface area contributed by atoms with Gasteiger partial charge in [0.05, 0.1) is 18.3 Å². The van der Waals surface area contributed by atoms with Crippen molar-refractivity contribution in [3.05, 3.63) is 41.9 Å². The molecule has 21 heavy (non-hydrogen) atoms. The van der Waals surface area contributed by atoms with E-state index in [1.165, 1.54) is 5.01 Å². The van der Waals surface area contributed by atoms with E-state index < -0.39 is 0 Å². The molecule has 0 unspecified atom stereocenters. The van der Waals surface area contributed by atoms with Crippen molar-refractivity contribution in [3.63, 3.8) is 0 Å². The molecule has 0 N–H and O–H groups in total. The molecule has 1 aliphatic rings. The lowest BCUT2D eigenvalue weighted by atomic mass is 10.2. The maximum Gasteiger partial charge on any atom is 0.254 e. The molecule has 3 aromatic rings. The highest BCUT2D eigenvalue weighted by molar-refractivity contribution is 7.15. The number of aromatic nitrogens is 2. The van der Waals surface area contributed by atoms with Crippen LogP contribution < -0.4 is 5.01 Å². The Bertz CT molecular complexity index is 862. The predicted octanol–water partition coefficient (Wildman–Crippen LogP) is 3.18. The second kappa shape index (κ2) is 4.53. The second-order valence-corrected chi connectivity index (χ2v) is 5.79. The summed E-state index contributed by atoms with van der Waals surface area (Å²) in [5.74, 6) is 0.556. The first-order valence-corrected chi connectivity index (χ1v) is 7.49. The minimum absolute atomic E-state index is 0.0282. The van der Waals surface area contributed by atoms with Gasteiger partial charge in [0, 0.05) is 11.1 Å². The number of carbonyl (C=O) groups excluding carboxylic acids is 1. The molecule has 0 saturated carbocycles. The maximum absolute atomic E-state index is 11.9. The fraction of sp³-hybridized carbons (Fsp3) is 0.133. The molecule has 1 aliphatic heterocycles. The highest BCUT2D eigenvalue weighted by Gasteiger charge is 2.25. The summed E-state index contributed by atoms with van der Waals surface area (Å²) >= 11 is 1.56. The number of fused-ring (bicyclic) bond motifs is 1. The lowest BCUT2D eigenvalue weighted by Gasteiger charge is -2.06. The average molecular weight is 296 g/mol. The van der Waals surface area contributed by atoms with E-state index in [0.29, 0.717) is 12.2 Å². The van der Waals surface area contributed by atoms with Crippen LogP contribution in [0.5, 0.6) is 0 Å². The van der Waals surface area contributed by atoms with E-state index in [-0.39, 0.29) is 5.91 Å². The molecule has 0 spiro atoms. The number of carbonyl (C=O) groups is 1. The van der Waals surface area contributed by atoms with Crippen molar-refractivity contribution in [1.82, 2.24) is 9.38 Å². The van der Waals surface area contributed by atoms with Gasteiger partial charge >= 0.3 is 0 Å². The van der Waals surface area contributed by atoms with Gasteiger partial charge in [-0.15, -0.1) is 11.3 Å². The minimum atomic E-state index is -0.0282. The monoisotopic (exact) mass is 296 g/mol. The zero-order chi connectivity index (χ0) is 14.4. The molecule has 0 radical (unpaired) electrons. The molecule has 5 nitrogen and oxygen atoms in total. The Labute approximate surface area is 125 Å². The predicted molar refractivity (Wildman–Crippen MR) is 83.7 cm³/mol. The Balaban J connectivity index is 1.82. The SMILES string of the molecule is CC1=NN(c2cn3c(-c4ccccc4)csc3n2)C(=O)C1. The van der Waals surface area contributed by atoms with Crippen LogP contribution in [0.1, 0.15) is 13.3 Å². The van der Waals surface area contributed by atoms with Crippen LogP contribution in [-0.2, 0) is 4.79 Å². The van der Waals surface area contributed by atoms with Crippen molar-refractivity contribution in [3.8, 4) is 11.3 Å². The fourth-order valence-electron chi connectivity index (χ4n) is 2.43. The van der Waals surface area contributed by atoms with Crippen LogP contribution in [0.2, 0.25) is 0 Å². The molecule has 0 bridgehead atoms. The number of anilines is 1. The Morgan fingerprint density at radius 3 is 2.76 bits per heavy atom. The lowest BCUT2D eigenvalue weighted by molar-refractivity contribution is -0.116. The molecule has 0 aliphatic carbocycles. The van der Waals surface area contributed by atoms with Gasteiger partial charge in [0.15, 0.2) is 10.8 Å². The fourth-order valence-corrected chi connectivity index (χ4v) is 3.30. The third-order valence-electron chi connectivity index (χ3n) is 3.40. The van der Waals surface area contributed by atoms with Crippen LogP contribution in [0.3, 0.4) is 0 Å². The highest BCUT2D eigenvalue weighted by Crippen LogP contribution is 2.29. The molecule has 3 heterocycles. The van der Waals surface area contributed by atoms with Gasteiger partial charge in [0.25, 0.3) is 5.91 Å². The lowest BCUT2D eigenvalue weighted by Crippen LogP contribution is -2.19. The molecule has 0 atom stereocenters. The number of hydrogen-bond acceptors (Lipinski definition) is 4. The first kappa shape index (κ1) is 12.3. The number of rotatable bonds is 2. The van der Waals surface area contributed by atoms with E-state index in [9.17, 15) is 4.79 Å². The summed E-state index contributed by atoms with van der Waals surface area (Å²) in [7, 11) is 0. The molecule has 0 saturated heterocycles. The summed E-state index contributed by atoms with van der Waals surface area (Å²) in [4.78, 5) is 17.3. The third kappa shape index (κ3) is 1.95. The summed E-state index contributed by atoms with van der Waals surface area (Å²) < 4.78 is 2.01. The molecule has 6 heteroatoms. The van der Waals surface area contributed by atoms with Crippen molar-refractivity contribution < 1.29 is 4.79 Å². The minimum Gasteiger partial charge on any atom is -0.288 e. The molecule has 1 amide bonds. The molecular formula is C15H12N4OS. The molecule has 4 rings (SSSR count). The van der Waals surface area contributed by atoms with Gasteiger partial charge in [0.2, 0.25) is 0 Å². The van der Waals surface area contributed by atoms with Gasteiger partial charge in [-0.1, -0.05) is 30.3 Å². The zero-order valence-electron chi connectivity index (χ0n) is 11.4. The van der Waals surface area contributed by atoms with E-state index in [1.807, 2.05) is 35.7 Å². The highest BCUT2D eigenvalue weighted by atomic mass is 32.1. The van der Waals surface area contributed by atoms with E-state index in [1.54, 1.807) is 11.3 Å². The van der Waals surface area contributed by atoms with Crippen molar-refractivity contribution >= 4 is 33.7 Å². The number of hydrogen-bond donors (Lipinski definition) is 0. The number of benzene rings is 1. The van der Waals surface area contributed by atoms with Gasteiger partial charge in [-0.2, -0.15) is 15.1 Å². The van der Waals surface area contributed by atoms with Crippen LogP contribution in [-0.4, -0.2) is 21.0 Å². The van der Waals surface area contributed by atoms with E-state index in [2.05, 4.69) is 27.6 Å². The molecule has 2 aromatic heterocycles. The second-order valence-electron chi connectivity index (χ2n) is 4.96. The quantitative estimate of drug-likeness (QED) is 0.729. The smallest absolute Gasteiger partial charge is 0.254 e. The van der Waals surface area contributed by atoms with Crippen LogP contribution in [0.4, 0.5) is 5.82 Å². The maximum atomic E-state index is 11.9. The van der Waals surface area contributed by atoms with E-state index in [0.717, 1.165) is 21.9 Å². The topological polar surface area (TPSA) is 50.0 Å². The number of hydrazone groups is 1. The first-order valence-electron chi connectivity index (χ1n) is 6.61. The average Bonchev–Trinajstić information content (AvgIpc) is 3.13. The van der Waals surface area contributed by atoms with Crippen LogP contribution in [0.15, 0.2) is 47.0 Å². The summed E-state index contributed by atoms with van der Waals surface area (Å²) in [5.41, 5.74) is 3.02. The summed E-state index contributed by atoms with van der Waals surface area (Å²) in [6.07, 6.45) is 2.24. The third-order valence-corrected chi connectivity index (χ3v) is 4.24. The van der Waals surface area contributed by atoms with Crippen molar-refractivity contribution in [2.75, 3.05) is 5.01 Å². The number of amides is 1. The van der Waals surface area contributed by atoms with E-state index in [4.69, 9.17) is 0 Å². The Morgan fingerprint density at radius 2 is 2.05 bits per heavy atom. The van der Waals surface area contributed by atoms with Gasteiger partial charge in [0.1, 0.15) is 0 Å². The zero-order valence-corrected chi connectivity index (χ0v) is 12.2. The number of imidazole rings is 1. The summed E-state index contributed by atoms with van der Waals surface area (Å²) in [6.45, 7) is 1.85. The van der Waals surface area contributed by atoms with Crippen molar-refractivity contribution in [2.45, 2.75) is 13.3 Å². The van der Waals surface area contributed by atoms with Crippen molar-refractivity contribution in [2.24, 2.45) is 5.10 Å². The normalized spacial score (nSPS) is 15.0. The van der Waals surface area contributed by atoms with Crippen LogP contribution in [0.25, 0.3) is 16.2 Å². The number of nitrogens with zero attached hydrogens (tertiary/aromatic N) is 4. The molecule has 104 valence electrons. The largest absolute Gasteiger partial charge is 0.288 e. The Hall–Kier alpha value is -2.47. The first-order chi connectivity index (χ1) is 10.2. The Kier molecular flexibility index (Phi) is 2.65. The van der Waals surface area contributed by atoms with Crippen molar-refractivity contribution in [1.29, 1.82) is 0 Å². The van der Waals surface area contributed by atoms with Gasteiger partial charge in [-0.25, -0.2) is 0 Å². The van der Waals surface area contributed by atoms with Crippen LogP contribution >= 0.6 is 11.3 Å². The summed E-state index contributed by atoms with van der Waals surface area (Å²) in [6, 6.07) is 10.1. The van der Waals surface area contributed by atoms with E-state index >= 15 is 0 Å². The van der Waals surface area contributed by atoms with Gasteiger partial charge in [-0.05, 0) is 12.5 Å². The van der Waals surface area contributed by atoms with Gasteiger partial charge in [-0.3, -0.25) is 9.20 Å². The standard InChI is InChI=1S/C15H12N4OS/c1-10-7-14(20)19(17-10)13-8-18-12(9-21-15(18)16-13)11-5-3-2-4-6-11/h2-6,8-9H,7H2,1H3. The Morgan fingerprint density at radius 1 is 1.24 bits per heavy atom. The summed E-state index contributed by atoms with van der Waals surface area (Å²) in [5, 5.41) is 7.71. The molecular weight excluding hydrogens is 284 g/mol. The number of thiazole rings is 1. The van der Waals surface area contributed by atoms with Gasteiger partial charge < -0.3 is 0 Å². The molecule has 0 fully saturated rings. The van der Waals surface area contributed by atoms with Crippen LogP contribution in [0, 0.1) is 0 Å². The molecule has 1 aromatic carbocycles.